The minimum absolute atomic E-state index is 0.687. The lowest BCUT2D eigenvalue weighted by Gasteiger charge is -2.45. The molecule has 3 rings (SSSR count). The SMILES string of the molecule is CCNc1cc(N2CCC3(CCCCC3)CC2)ccn1. The number of nitrogens with zero attached hydrogens (tertiary/aromatic N) is 2. The highest BCUT2D eigenvalue weighted by atomic mass is 15.1. The first-order chi connectivity index (χ1) is 9.81. The van der Waals surface area contributed by atoms with Crippen LogP contribution < -0.4 is 10.2 Å². The summed E-state index contributed by atoms with van der Waals surface area (Å²) in [6.45, 7) is 5.48. The lowest BCUT2D eigenvalue weighted by Crippen LogP contribution is -2.41. The van der Waals surface area contributed by atoms with E-state index in [-0.39, 0.29) is 0 Å². The standard InChI is InChI=1S/C17H27N3/c1-2-18-16-14-15(6-11-19-16)20-12-9-17(10-13-20)7-4-3-5-8-17/h6,11,14H,2-5,7-10,12-13H2,1H3,(H,18,19). The van der Waals surface area contributed by atoms with Crippen molar-refractivity contribution in [3.8, 4) is 0 Å². The minimum Gasteiger partial charge on any atom is -0.371 e. The van der Waals surface area contributed by atoms with Crippen molar-refractivity contribution in [1.82, 2.24) is 4.98 Å². The van der Waals surface area contributed by atoms with E-state index in [4.69, 9.17) is 0 Å². The van der Waals surface area contributed by atoms with Crippen molar-refractivity contribution in [3.05, 3.63) is 18.3 Å². The summed E-state index contributed by atoms with van der Waals surface area (Å²) in [5.74, 6) is 1.00. The van der Waals surface area contributed by atoms with E-state index >= 15 is 0 Å². The van der Waals surface area contributed by atoms with Crippen molar-refractivity contribution in [3.63, 3.8) is 0 Å². The quantitative estimate of drug-likeness (QED) is 0.900. The third-order valence-corrected chi connectivity index (χ3v) is 5.20. The molecule has 0 atom stereocenters. The molecule has 1 saturated carbocycles. The van der Waals surface area contributed by atoms with Gasteiger partial charge in [-0.05, 0) is 44.1 Å². The second-order valence-corrected chi connectivity index (χ2v) is 6.48. The van der Waals surface area contributed by atoms with E-state index < -0.39 is 0 Å². The lowest BCUT2D eigenvalue weighted by atomic mass is 9.68. The number of nitrogens with one attached hydrogen (secondary N) is 1. The van der Waals surface area contributed by atoms with Crippen LogP contribution in [-0.4, -0.2) is 24.6 Å². The largest absolute Gasteiger partial charge is 0.371 e. The first-order valence-corrected chi connectivity index (χ1v) is 8.26. The first kappa shape index (κ1) is 13.7. The molecule has 1 aliphatic carbocycles. The zero-order chi connectivity index (χ0) is 13.8. The van der Waals surface area contributed by atoms with E-state index in [1.165, 1.54) is 63.7 Å². The first-order valence-electron chi connectivity index (χ1n) is 8.26. The van der Waals surface area contributed by atoms with Gasteiger partial charge in [0.05, 0.1) is 0 Å². The van der Waals surface area contributed by atoms with Crippen molar-refractivity contribution < 1.29 is 0 Å². The van der Waals surface area contributed by atoms with Gasteiger partial charge in [0.1, 0.15) is 5.82 Å². The summed E-state index contributed by atoms with van der Waals surface area (Å²) in [5, 5.41) is 3.31. The number of pyridine rings is 1. The van der Waals surface area contributed by atoms with Crippen LogP contribution in [0.5, 0.6) is 0 Å². The average Bonchev–Trinajstić information content (AvgIpc) is 2.50. The molecule has 0 radical (unpaired) electrons. The maximum Gasteiger partial charge on any atom is 0.127 e. The predicted octanol–water partition coefficient (Wildman–Crippen LogP) is 4.06. The van der Waals surface area contributed by atoms with Crippen LogP contribution in [0.15, 0.2) is 18.3 Å². The second kappa shape index (κ2) is 6.02. The minimum atomic E-state index is 0.687. The van der Waals surface area contributed by atoms with Crippen molar-refractivity contribution in [2.75, 3.05) is 29.9 Å². The molecule has 3 heteroatoms. The molecule has 0 aromatic carbocycles. The Labute approximate surface area is 122 Å². The Hall–Kier alpha value is -1.25. The van der Waals surface area contributed by atoms with E-state index in [1.54, 1.807) is 0 Å². The van der Waals surface area contributed by atoms with E-state index in [0.717, 1.165) is 12.4 Å². The molecule has 1 saturated heterocycles. The second-order valence-electron chi connectivity index (χ2n) is 6.48. The Morgan fingerprint density at radius 1 is 1.15 bits per heavy atom. The molecule has 1 spiro atoms. The number of rotatable bonds is 3. The molecule has 1 N–H and O–H groups in total. The van der Waals surface area contributed by atoms with Gasteiger partial charge in [-0.25, -0.2) is 4.98 Å². The molecule has 3 nitrogen and oxygen atoms in total. The Kier molecular flexibility index (Phi) is 4.13. The van der Waals surface area contributed by atoms with Crippen molar-refractivity contribution in [2.45, 2.75) is 51.9 Å². The van der Waals surface area contributed by atoms with Crippen LogP contribution in [0.2, 0.25) is 0 Å². The van der Waals surface area contributed by atoms with Crippen LogP contribution >= 0.6 is 0 Å². The Morgan fingerprint density at radius 3 is 2.60 bits per heavy atom. The van der Waals surface area contributed by atoms with Gasteiger partial charge in [0, 0.05) is 37.6 Å². The summed E-state index contributed by atoms with van der Waals surface area (Å²) in [4.78, 5) is 6.91. The van der Waals surface area contributed by atoms with E-state index in [2.05, 4.69) is 34.3 Å². The maximum atomic E-state index is 4.37. The third kappa shape index (κ3) is 2.92. The molecule has 2 aliphatic rings. The molecule has 1 aromatic rings. The summed E-state index contributed by atoms with van der Waals surface area (Å²) < 4.78 is 0. The van der Waals surface area contributed by atoms with Crippen LogP contribution in [-0.2, 0) is 0 Å². The van der Waals surface area contributed by atoms with Crippen LogP contribution in [0.1, 0.15) is 51.9 Å². The number of anilines is 2. The molecular weight excluding hydrogens is 246 g/mol. The normalized spacial score (nSPS) is 21.9. The molecule has 110 valence electrons. The number of aromatic nitrogens is 1. The highest BCUT2D eigenvalue weighted by molar-refractivity contribution is 5.54. The van der Waals surface area contributed by atoms with E-state index in [0.29, 0.717) is 5.41 Å². The van der Waals surface area contributed by atoms with Crippen LogP contribution in [0.3, 0.4) is 0 Å². The highest BCUT2D eigenvalue weighted by Gasteiger charge is 2.35. The lowest BCUT2D eigenvalue weighted by molar-refractivity contribution is 0.144. The van der Waals surface area contributed by atoms with Gasteiger partial charge in [0.2, 0.25) is 0 Å². The van der Waals surface area contributed by atoms with Gasteiger partial charge in [0.25, 0.3) is 0 Å². The van der Waals surface area contributed by atoms with Crippen LogP contribution in [0.25, 0.3) is 0 Å². The third-order valence-electron chi connectivity index (χ3n) is 5.20. The molecule has 0 unspecified atom stereocenters. The van der Waals surface area contributed by atoms with E-state index in [1.807, 2.05) is 6.20 Å². The Bertz CT molecular complexity index is 428. The summed E-state index contributed by atoms with van der Waals surface area (Å²) in [6.07, 6.45) is 12.0. The van der Waals surface area contributed by atoms with Crippen molar-refractivity contribution >= 4 is 11.5 Å². The molecule has 2 heterocycles. The van der Waals surface area contributed by atoms with Gasteiger partial charge in [-0.2, -0.15) is 0 Å². The van der Waals surface area contributed by atoms with Crippen LogP contribution in [0, 0.1) is 5.41 Å². The van der Waals surface area contributed by atoms with Crippen molar-refractivity contribution in [1.29, 1.82) is 0 Å². The topological polar surface area (TPSA) is 28.2 Å². The molecule has 2 fully saturated rings. The molecule has 0 bridgehead atoms. The summed E-state index contributed by atoms with van der Waals surface area (Å²) in [6, 6.07) is 4.35. The summed E-state index contributed by atoms with van der Waals surface area (Å²) in [5.41, 5.74) is 2.02. The van der Waals surface area contributed by atoms with E-state index in [9.17, 15) is 0 Å². The monoisotopic (exact) mass is 273 g/mol. The fraction of sp³-hybridized carbons (Fsp3) is 0.706. The zero-order valence-corrected chi connectivity index (χ0v) is 12.7. The molecule has 1 aromatic heterocycles. The van der Waals surface area contributed by atoms with Gasteiger partial charge in [-0.15, -0.1) is 0 Å². The summed E-state index contributed by atoms with van der Waals surface area (Å²) in [7, 11) is 0. The number of hydrogen-bond donors (Lipinski definition) is 1. The van der Waals surface area contributed by atoms with Gasteiger partial charge < -0.3 is 10.2 Å². The molecule has 20 heavy (non-hydrogen) atoms. The molecular formula is C17H27N3. The van der Waals surface area contributed by atoms with Gasteiger partial charge in [-0.1, -0.05) is 19.3 Å². The molecule has 1 aliphatic heterocycles. The highest BCUT2D eigenvalue weighted by Crippen LogP contribution is 2.45. The smallest absolute Gasteiger partial charge is 0.127 e. The average molecular weight is 273 g/mol. The summed E-state index contributed by atoms with van der Waals surface area (Å²) >= 11 is 0. The predicted molar refractivity (Wildman–Crippen MR) is 85.4 cm³/mol. The number of hydrogen-bond acceptors (Lipinski definition) is 3. The van der Waals surface area contributed by atoms with Crippen molar-refractivity contribution in [2.24, 2.45) is 5.41 Å². The van der Waals surface area contributed by atoms with Crippen LogP contribution in [0.4, 0.5) is 11.5 Å². The molecule has 0 amide bonds. The van der Waals surface area contributed by atoms with Gasteiger partial charge in [-0.3, -0.25) is 0 Å². The Balaban J connectivity index is 1.64. The van der Waals surface area contributed by atoms with Gasteiger partial charge in [0.15, 0.2) is 0 Å². The maximum absolute atomic E-state index is 4.37. The Morgan fingerprint density at radius 2 is 1.90 bits per heavy atom. The fourth-order valence-electron chi connectivity index (χ4n) is 3.93. The zero-order valence-electron chi connectivity index (χ0n) is 12.7. The number of piperidine rings is 1. The fourth-order valence-corrected chi connectivity index (χ4v) is 3.93. The van der Waals surface area contributed by atoms with Gasteiger partial charge >= 0.3 is 0 Å².